The Morgan fingerprint density at radius 1 is 1.07 bits per heavy atom. The number of hydrogen-bond donors (Lipinski definition) is 1. The van der Waals surface area contributed by atoms with E-state index in [1.807, 2.05) is 60.1 Å². The SMILES string of the molecule is CN(C)C(=O)Cn1cc(C(=O)Nc2ccc(-c3nc4ccccc4n3C)cc2)nn1. The van der Waals surface area contributed by atoms with Crippen molar-refractivity contribution in [1.29, 1.82) is 0 Å². The molecule has 0 saturated heterocycles. The van der Waals surface area contributed by atoms with Gasteiger partial charge < -0.3 is 14.8 Å². The number of nitrogens with zero attached hydrogens (tertiary/aromatic N) is 6. The van der Waals surface area contributed by atoms with Crippen molar-refractivity contribution in [1.82, 2.24) is 29.4 Å². The minimum Gasteiger partial charge on any atom is -0.347 e. The van der Waals surface area contributed by atoms with Gasteiger partial charge in [-0.2, -0.15) is 0 Å². The molecule has 152 valence electrons. The van der Waals surface area contributed by atoms with Crippen molar-refractivity contribution in [2.45, 2.75) is 6.54 Å². The van der Waals surface area contributed by atoms with Crippen LogP contribution in [0.4, 0.5) is 5.69 Å². The lowest BCUT2D eigenvalue weighted by Crippen LogP contribution is -2.26. The Balaban J connectivity index is 1.47. The largest absolute Gasteiger partial charge is 0.347 e. The number of nitrogens with one attached hydrogen (secondary N) is 1. The number of carbonyl (C=O) groups excluding carboxylic acids is 2. The van der Waals surface area contributed by atoms with Crippen LogP contribution in [0.3, 0.4) is 0 Å². The van der Waals surface area contributed by atoms with Crippen molar-refractivity contribution in [3.63, 3.8) is 0 Å². The zero-order valence-electron chi connectivity index (χ0n) is 16.9. The molecule has 4 rings (SSSR count). The first-order chi connectivity index (χ1) is 14.4. The Morgan fingerprint density at radius 2 is 1.80 bits per heavy atom. The molecule has 0 aliphatic heterocycles. The zero-order chi connectivity index (χ0) is 21.3. The highest BCUT2D eigenvalue weighted by Gasteiger charge is 2.14. The number of para-hydroxylation sites is 2. The van der Waals surface area contributed by atoms with Gasteiger partial charge in [0.2, 0.25) is 5.91 Å². The van der Waals surface area contributed by atoms with Crippen molar-refractivity contribution in [3.8, 4) is 11.4 Å². The summed E-state index contributed by atoms with van der Waals surface area (Å²) in [6, 6.07) is 15.4. The van der Waals surface area contributed by atoms with Gasteiger partial charge in [-0.25, -0.2) is 9.67 Å². The van der Waals surface area contributed by atoms with Crippen LogP contribution in [0.15, 0.2) is 54.7 Å². The summed E-state index contributed by atoms with van der Waals surface area (Å²) < 4.78 is 3.38. The van der Waals surface area contributed by atoms with Crippen LogP contribution < -0.4 is 5.32 Å². The van der Waals surface area contributed by atoms with Gasteiger partial charge in [0.25, 0.3) is 5.91 Å². The second kappa shape index (κ2) is 7.78. The Hall–Kier alpha value is -4.01. The molecule has 9 heteroatoms. The van der Waals surface area contributed by atoms with E-state index < -0.39 is 5.91 Å². The molecule has 2 heterocycles. The van der Waals surface area contributed by atoms with Crippen molar-refractivity contribution in [2.24, 2.45) is 7.05 Å². The maximum atomic E-state index is 12.4. The Kier molecular flexibility index (Phi) is 5.01. The number of anilines is 1. The topological polar surface area (TPSA) is 97.9 Å². The molecule has 0 spiro atoms. The third kappa shape index (κ3) is 3.77. The van der Waals surface area contributed by atoms with Gasteiger partial charge in [0.15, 0.2) is 5.69 Å². The number of rotatable bonds is 5. The number of aryl methyl sites for hydroxylation is 1. The number of likely N-dealkylation sites (N-methyl/N-ethyl adjacent to an activating group) is 1. The predicted octanol–water partition coefficient (Wildman–Crippen LogP) is 2.17. The third-order valence-electron chi connectivity index (χ3n) is 4.76. The van der Waals surface area contributed by atoms with E-state index in [-0.39, 0.29) is 18.1 Å². The zero-order valence-corrected chi connectivity index (χ0v) is 16.9. The number of amides is 2. The van der Waals surface area contributed by atoms with Gasteiger partial charge in [0.05, 0.1) is 17.2 Å². The summed E-state index contributed by atoms with van der Waals surface area (Å²) in [6.07, 6.45) is 1.45. The molecule has 0 unspecified atom stereocenters. The van der Waals surface area contributed by atoms with Gasteiger partial charge in [-0.1, -0.05) is 17.3 Å². The molecule has 2 aromatic carbocycles. The van der Waals surface area contributed by atoms with Crippen LogP contribution in [0.25, 0.3) is 22.4 Å². The molecule has 0 bridgehead atoms. The standard InChI is InChI=1S/C21H21N7O2/c1-26(2)19(29)13-28-12-17(24-25-28)21(30)22-15-10-8-14(9-11-15)20-23-16-6-4-5-7-18(16)27(20)3/h4-12H,13H2,1-3H3,(H,22,30). The van der Waals surface area contributed by atoms with Crippen molar-refractivity contribution in [3.05, 3.63) is 60.4 Å². The number of hydrogen-bond acceptors (Lipinski definition) is 5. The van der Waals surface area contributed by atoms with E-state index in [0.717, 1.165) is 22.4 Å². The van der Waals surface area contributed by atoms with Crippen LogP contribution in [-0.2, 0) is 18.4 Å². The monoisotopic (exact) mass is 403 g/mol. The first-order valence-electron chi connectivity index (χ1n) is 9.36. The first-order valence-corrected chi connectivity index (χ1v) is 9.36. The highest BCUT2D eigenvalue weighted by molar-refractivity contribution is 6.02. The maximum absolute atomic E-state index is 12.4. The van der Waals surface area contributed by atoms with Gasteiger partial charge in [0, 0.05) is 32.4 Å². The van der Waals surface area contributed by atoms with E-state index in [2.05, 4.69) is 20.6 Å². The lowest BCUT2D eigenvalue weighted by atomic mass is 10.2. The van der Waals surface area contributed by atoms with Crippen LogP contribution >= 0.6 is 0 Å². The van der Waals surface area contributed by atoms with Crippen molar-refractivity contribution < 1.29 is 9.59 Å². The van der Waals surface area contributed by atoms with Gasteiger partial charge >= 0.3 is 0 Å². The predicted molar refractivity (Wildman–Crippen MR) is 113 cm³/mol. The summed E-state index contributed by atoms with van der Waals surface area (Å²) in [5.74, 6) is 0.320. The van der Waals surface area contributed by atoms with E-state index in [1.165, 1.54) is 15.8 Å². The van der Waals surface area contributed by atoms with E-state index >= 15 is 0 Å². The van der Waals surface area contributed by atoms with E-state index in [0.29, 0.717) is 5.69 Å². The summed E-state index contributed by atoms with van der Waals surface area (Å²) in [4.78, 5) is 30.3. The Bertz CT molecular complexity index is 1220. The molecule has 4 aromatic rings. The fourth-order valence-corrected chi connectivity index (χ4v) is 3.06. The minimum absolute atomic E-state index is 0.0278. The second-order valence-corrected chi connectivity index (χ2v) is 7.10. The van der Waals surface area contributed by atoms with Crippen LogP contribution in [0.5, 0.6) is 0 Å². The molecule has 9 nitrogen and oxygen atoms in total. The average molecular weight is 403 g/mol. The van der Waals surface area contributed by atoms with Crippen molar-refractivity contribution in [2.75, 3.05) is 19.4 Å². The quantitative estimate of drug-likeness (QED) is 0.551. The fraction of sp³-hybridized carbons (Fsp3) is 0.190. The lowest BCUT2D eigenvalue weighted by Gasteiger charge is -2.08. The molecule has 0 aliphatic rings. The second-order valence-electron chi connectivity index (χ2n) is 7.10. The maximum Gasteiger partial charge on any atom is 0.277 e. The number of carbonyl (C=O) groups is 2. The van der Waals surface area contributed by atoms with Gasteiger partial charge in [-0.3, -0.25) is 9.59 Å². The third-order valence-corrected chi connectivity index (χ3v) is 4.76. The summed E-state index contributed by atoms with van der Waals surface area (Å²) in [5.41, 5.74) is 3.70. The number of imidazole rings is 1. The normalized spacial score (nSPS) is 10.9. The summed E-state index contributed by atoms with van der Waals surface area (Å²) in [7, 11) is 5.29. The average Bonchev–Trinajstić information content (AvgIpc) is 3.34. The molecule has 0 aliphatic carbocycles. The summed E-state index contributed by atoms with van der Waals surface area (Å²) >= 11 is 0. The molecular formula is C21H21N7O2. The molecule has 0 atom stereocenters. The van der Waals surface area contributed by atoms with Crippen LogP contribution in [0.2, 0.25) is 0 Å². The van der Waals surface area contributed by atoms with E-state index in [1.54, 1.807) is 14.1 Å². The fourth-order valence-electron chi connectivity index (χ4n) is 3.06. The van der Waals surface area contributed by atoms with Gasteiger partial charge in [-0.15, -0.1) is 5.10 Å². The summed E-state index contributed by atoms with van der Waals surface area (Å²) in [6.45, 7) is 0.0278. The Labute approximate surface area is 172 Å². The van der Waals surface area contributed by atoms with E-state index in [4.69, 9.17) is 0 Å². The smallest absolute Gasteiger partial charge is 0.277 e. The van der Waals surface area contributed by atoms with Crippen LogP contribution in [0.1, 0.15) is 10.5 Å². The molecule has 2 aromatic heterocycles. The molecule has 0 fully saturated rings. The number of aromatic nitrogens is 5. The number of fused-ring (bicyclic) bond motifs is 1. The molecule has 30 heavy (non-hydrogen) atoms. The first kappa shape index (κ1) is 19.3. The molecule has 0 saturated carbocycles. The van der Waals surface area contributed by atoms with Crippen molar-refractivity contribution >= 4 is 28.5 Å². The highest BCUT2D eigenvalue weighted by Crippen LogP contribution is 2.24. The van der Waals surface area contributed by atoms with Gasteiger partial charge in [-0.05, 0) is 36.4 Å². The lowest BCUT2D eigenvalue weighted by molar-refractivity contribution is -0.129. The molecule has 1 N–H and O–H groups in total. The molecule has 0 radical (unpaired) electrons. The highest BCUT2D eigenvalue weighted by atomic mass is 16.2. The minimum atomic E-state index is -0.394. The summed E-state index contributed by atoms with van der Waals surface area (Å²) in [5, 5.41) is 10.5. The molecular weight excluding hydrogens is 382 g/mol. The van der Waals surface area contributed by atoms with E-state index in [9.17, 15) is 9.59 Å². The Morgan fingerprint density at radius 3 is 2.50 bits per heavy atom. The van der Waals surface area contributed by atoms with Crippen LogP contribution in [0, 0.1) is 0 Å². The van der Waals surface area contributed by atoms with Gasteiger partial charge in [0.1, 0.15) is 12.4 Å². The van der Waals surface area contributed by atoms with Crippen LogP contribution in [-0.4, -0.2) is 55.4 Å². The molecule has 2 amide bonds. The number of benzene rings is 2.